The monoisotopic (exact) mass is 353 g/mol. The molecule has 7 heteroatoms. The van der Waals surface area contributed by atoms with Crippen molar-refractivity contribution in [2.24, 2.45) is 0 Å². The lowest BCUT2D eigenvalue weighted by molar-refractivity contribution is 0.0739. The molecule has 0 spiro atoms. The second-order valence-electron chi connectivity index (χ2n) is 5.77. The fraction of sp³-hybridized carbons (Fsp3) is 0.167. The third kappa shape index (κ3) is 3.18. The van der Waals surface area contributed by atoms with Gasteiger partial charge in [0, 0.05) is 24.8 Å². The van der Waals surface area contributed by atoms with Crippen LogP contribution in [0.25, 0.3) is 0 Å². The van der Waals surface area contributed by atoms with E-state index in [0.29, 0.717) is 18.8 Å². The number of nitrogens with one attached hydrogen (secondary N) is 1. The topological polar surface area (TPSA) is 75.4 Å². The highest BCUT2D eigenvalue weighted by molar-refractivity contribution is 7.12. The van der Waals surface area contributed by atoms with Gasteiger partial charge in [-0.2, -0.15) is 0 Å². The first-order chi connectivity index (χ1) is 12.2. The van der Waals surface area contributed by atoms with Crippen molar-refractivity contribution in [1.29, 1.82) is 0 Å². The molecule has 6 nitrogen and oxygen atoms in total. The van der Waals surface area contributed by atoms with Crippen LogP contribution in [0.15, 0.2) is 52.5 Å². The fourth-order valence-corrected chi connectivity index (χ4v) is 3.58. The number of hydrogen-bond donors (Lipinski definition) is 1. The molecule has 1 aliphatic heterocycles. The van der Waals surface area contributed by atoms with Crippen molar-refractivity contribution >= 4 is 28.8 Å². The van der Waals surface area contributed by atoms with Gasteiger partial charge in [0.05, 0.1) is 11.1 Å². The average Bonchev–Trinajstić information content (AvgIpc) is 3.34. The molecular formula is C18H15N3O3S. The van der Waals surface area contributed by atoms with Gasteiger partial charge in [0.1, 0.15) is 0 Å². The second kappa shape index (κ2) is 6.52. The molecule has 0 radical (unpaired) electrons. The summed E-state index contributed by atoms with van der Waals surface area (Å²) < 4.78 is 4.86. The van der Waals surface area contributed by atoms with Gasteiger partial charge in [-0.15, -0.1) is 11.3 Å². The molecule has 0 aliphatic carbocycles. The maximum Gasteiger partial charge on any atom is 0.294 e. The highest BCUT2D eigenvalue weighted by atomic mass is 32.1. The second-order valence-corrected chi connectivity index (χ2v) is 6.72. The Morgan fingerprint density at radius 3 is 2.88 bits per heavy atom. The summed E-state index contributed by atoms with van der Waals surface area (Å²) in [6.07, 6.45) is 2.23. The summed E-state index contributed by atoms with van der Waals surface area (Å²) in [5, 5.41) is 8.23. The van der Waals surface area contributed by atoms with E-state index in [2.05, 4.69) is 10.5 Å². The number of thiophene rings is 1. The van der Waals surface area contributed by atoms with Gasteiger partial charge in [0.25, 0.3) is 11.8 Å². The van der Waals surface area contributed by atoms with Crippen LogP contribution in [0.5, 0.6) is 0 Å². The van der Waals surface area contributed by atoms with Crippen molar-refractivity contribution < 1.29 is 14.1 Å². The van der Waals surface area contributed by atoms with Gasteiger partial charge in [-0.05, 0) is 41.1 Å². The van der Waals surface area contributed by atoms with Crippen molar-refractivity contribution in [1.82, 2.24) is 10.1 Å². The van der Waals surface area contributed by atoms with Crippen molar-refractivity contribution in [2.75, 3.05) is 11.9 Å². The van der Waals surface area contributed by atoms with Crippen molar-refractivity contribution in [3.63, 3.8) is 0 Å². The summed E-state index contributed by atoms with van der Waals surface area (Å²) in [5.74, 6) is -0.135. The van der Waals surface area contributed by atoms with Crippen LogP contribution in [-0.2, 0) is 13.0 Å². The molecular weight excluding hydrogens is 338 g/mol. The van der Waals surface area contributed by atoms with E-state index in [1.807, 2.05) is 40.6 Å². The Bertz CT molecular complexity index is 904. The third-order valence-electron chi connectivity index (χ3n) is 4.16. The van der Waals surface area contributed by atoms with Gasteiger partial charge in [-0.1, -0.05) is 17.3 Å². The standard InChI is InChI=1S/C18H15N3O3S/c22-17(15-5-7-19-24-15)20-14-4-3-12-6-8-21(11-13(12)10-14)18(23)16-2-1-9-25-16/h1-5,7,9-10H,6,8,11H2,(H,20,22). The van der Waals surface area contributed by atoms with E-state index < -0.39 is 0 Å². The number of carbonyl (C=O) groups excluding carboxylic acids is 2. The lowest BCUT2D eigenvalue weighted by Crippen LogP contribution is -2.35. The predicted octanol–water partition coefficient (Wildman–Crippen LogP) is 3.19. The fourth-order valence-electron chi connectivity index (χ4n) is 2.89. The first-order valence-electron chi connectivity index (χ1n) is 7.87. The van der Waals surface area contributed by atoms with E-state index in [-0.39, 0.29) is 17.6 Å². The minimum absolute atomic E-state index is 0.0525. The normalized spacial score (nSPS) is 13.4. The molecule has 25 heavy (non-hydrogen) atoms. The Hall–Kier alpha value is -2.93. The van der Waals surface area contributed by atoms with Gasteiger partial charge < -0.3 is 14.7 Å². The lowest BCUT2D eigenvalue weighted by Gasteiger charge is -2.29. The number of fused-ring (bicyclic) bond motifs is 1. The van der Waals surface area contributed by atoms with Gasteiger partial charge >= 0.3 is 0 Å². The Balaban J connectivity index is 1.51. The number of anilines is 1. The summed E-state index contributed by atoms with van der Waals surface area (Å²) in [4.78, 5) is 27.2. The van der Waals surface area contributed by atoms with Crippen LogP contribution in [0, 0.1) is 0 Å². The molecule has 3 heterocycles. The molecule has 1 aromatic carbocycles. The average molecular weight is 353 g/mol. The molecule has 0 saturated carbocycles. The minimum atomic E-state index is -0.347. The molecule has 4 rings (SSSR count). The van der Waals surface area contributed by atoms with Crippen LogP contribution in [0.1, 0.15) is 31.4 Å². The Labute approximate surface area is 148 Å². The van der Waals surface area contributed by atoms with E-state index in [9.17, 15) is 9.59 Å². The Morgan fingerprint density at radius 2 is 2.12 bits per heavy atom. The first kappa shape index (κ1) is 15.6. The molecule has 0 unspecified atom stereocenters. The lowest BCUT2D eigenvalue weighted by atomic mass is 9.99. The van der Waals surface area contributed by atoms with Crippen LogP contribution in [0.4, 0.5) is 5.69 Å². The number of rotatable bonds is 3. The van der Waals surface area contributed by atoms with E-state index in [0.717, 1.165) is 16.9 Å². The van der Waals surface area contributed by atoms with E-state index in [1.54, 1.807) is 0 Å². The smallest absolute Gasteiger partial charge is 0.294 e. The SMILES string of the molecule is O=C(Nc1ccc2c(c1)CN(C(=O)c1cccs1)CC2)c1ccno1. The van der Waals surface area contributed by atoms with E-state index in [1.165, 1.54) is 29.2 Å². The molecule has 0 fully saturated rings. The van der Waals surface area contributed by atoms with Crippen LogP contribution in [0.2, 0.25) is 0 Å². The zero-order chi connectivity index (χ0) is 17.2. The summed E-state index contributed by atoms with van der Waals surface area (Å²) in [5.41, 5.74) is 2.92. The number of aromatic nitrogens is 1. The van der Waals surface area contributed by atoms with E-state index >= 15 is 0 Å². The molecule has 2 aromatic heterocycles. The van der Waals surface area contributed by atoms with Crippen LogP contribution in [-0.4, -0.2) is 28.4 Å². The molecule has 1 aliphatic rings. The van der Waals surface area contributed by atoms with Crippen molar-refractivity contribution in [2.45, 2.75) is 13.0 Å². The molecule has 0 bridgehead atoms. The summed E-state index contributed by atoms with van der Waals surface area (Å²) >= 11 is 1.45. The van der Waals surface area contributed by atoms with Gasteiger partial charge in [-0.25, -0.2) is 0 Å². The van der Waals surface area contributed by atoms with Crippen LogP contribution in [0.3, 0.4) is 0 Å². The largest absolute Gasteiger partial charge is 0.351 e. The summed E-state index contributed by atoms with van der Waals surface area (Å²) in [6.45, 7) is 1.24. The summed E-state index contributed by atoms with van der Waals surface area (Å²) in [6, 6.07) is 11.0. The minimum Gasteiger partial charge on any atom is -0.351 e. The third-order valence-corrected chi connectivity index (χ3v) is 5.02. The Morgan fingerprint density at radius 1 is 1.20 bits per heavy atom. The van der Waals surface area contributed by atoms with Crippen molar-refractivity contribution in [3.8, 4) is 0 Å². The Kier molecular flexibility index (Phi) is 4.07. The van der Waals surface area contributed by atoms with Gasteiger partial charge in [0.2, 0.25) is 5.76 Å². The molecule has 0 saturated heterocycles. The number of nitrogens with zero attached hydrogens (tertiary/aromatic N) is 2. The number of benzene rings is 1. The van der Waals surface area contributed by atoms with Crippen LogP contribution >= 0.6 is 11.3 Å². The van der Waals surface area contributed by atoms with Crippen LogP contribution < -0.4 is 5.32 Å². The number of hydrogen-bond acceptors (Lipinski definition) is 5. The quantitative estimate of drug-likeness (QED) is 0.785. The molecule has 2 amide bonds. The molecule has 126 valence electrons. The zero-order valence-corrected chi connectivity index (χ0v) is 14.1. The molecule has 0 atom stereocenters. The van der Waals surface area contributed by atoms with Gasteiger partial charge in [0.15, 0.2) is 0 Å². The first-order valence-corrected chi connectivity index (χ1v) is 8.75. The van der Waals surface area contributed by atoms with Crippen molar-refractivity contribution in [3.05, 3.63) is 69.7 Å². The summed E-state index contributed by atoms with van der Waals surface area (Å²) in [7, 11) is 0. The van der Waals surface area contributed by atoms with E-state index in [4.69, 9.17) is 4.52 Å². The van der Waals surface area contributed by atoms with Gasteiger partial charge in [-0.3, -0.25) is 9.59 Å². The predicted molar refractivity (Wildman–Crippen MR) is 93.7 cm³/mol. The number of amides is 2. The molecule has 1 N–H and O–H groups in total. The number of carbonyl (C=O) groups is 2. The maximum absolute atomic E-state index is 12.5. The highest BCUT2D eigenvalue weighted by Gasteiger charge is 2.23. The molecule has 3 aromatic rings. The highest BCUT2D eigenvalue weighted by Crippen LogP contribution is 2.25. The maximum atomic E-state index is 12.5. The zero-order valence-electron chi connectivity index (χ0n) is 13.3.